The Morgan fingerprint density at radius 3 is 3.04 bits per heavy atom. The molecule has 0 N–H and O–H groups in total. The highest BCUT2D eigenvalue weighted by atomic mass is 32.1. The number of nitrogens with zero attached hydrogens (tertiary/aromatic N) is 5. The van der Waals surface area contributed by atoms with E-state index in [1.54, 1.807) is 22.2 Å². The highest BCUT2D eigenvalue weighted by Crippen LogP contribution is 2.24. The van der Waals surface area contributed by atoms with Gasteiger partial charge in [0.05, 0.1) is 23.0 Å². The van der Waals surface area contributed by atoms with Gasteiger partial charge < -0.3 is 0 Å². The van der Waals surface area contributed by atoms with Crippen molar-refractivity contribution in [1.82, 2.24) is 25.0 Å². The molecular formula is C18H15N5S. The lowest BCUT2D eigenvalue weighted by Crippen LogP contribution is -2.00. The van der Waals surface area contributed by atoms with Crippen LogP contribution in [-0.4, -0.2) is 25.0 Å². The maximum absolute atomic E-state index is 4.63. The molecule has 1 aromatic carbocycles. The molecule has 5 nitrogen and oxygen atoms in total. The van der Waals surface area contributed by atoms with Gasteiger partial charge in [-0.1, -0.05) is 17.3 Å². The predicted molar refractivity (Wildman–Crippen MR) is 96.6 cm³/mol. The summed E-state index contributed by atoms with van der Waals surface area (Å²) in [5, 5.41) is 9.30. The molecule has 0 amide bonds. The Morgan fingerprint density at radius 2 is 2.17 bits per heavy atom. The Hall–Kier alpha value is -2.86. The first-order chi connectivity index (χ1) is 11.8. The second-order valence-electron chi connectivity index (χ2n) is 5.56. The van der Waals surface area contributed by atoms with E-state index in [9.17, 15) is 0 Å². The molecule has 0 atom stereocenters. The van der Waals surface area contributed by atoms with E-state index in [1.165, 1.54) is 10.3 Å². The second-order valence-corrected chi connectivity index (χ2v) is 6.62. The van der Waals surface area contributed by atoms with Crippen LogP contribution in [-0.2, 0) is 6.54 Å². The molecule has 6 heteroatoms. The van der Waals surface area contributed by atoms with Crippen molar-refractivity contribution in [2.45, 2.75) is 13.5 Å². The number of thiazole rings is 1. The van der Waals surface area contributed by atoms with Gasteiger partial charge in [-0.3, -0.25) is 4.98 Å². The molecule has 0 saturated heterocycles. The number of fused-ring (bicyclic) bond motifs is 1. The molecule has 0 aliphatic rings. The lowest BCUT2D eigenvalue weighted by atomic mass is 10.2. The summed E-state index contributed by atoms with van der Waals surface area (Å²) in [5.41, 5.74) is 4.18. The third-order valence-electron chi connectivity index (χ3n) is 3.58. The van der Waals surface area contributed by atoms with E-state index in [1.807, 2.05) is 36.7 Å². The first kappa shape index (κ1) is 14.7. The number of aryl methyl sites for hydroxylation is 1. The van der Waals surface area contributed by atoms with E-state index in [0.29, 0.717) is 6.54 Å². The minimum atomic E-state index is 0.662. The highest BCUT2D eigenvalue weighted by molar-refractivity contribution is 7.19. The highest BCUT2D eigenvalue weighted by Gasteiger charge is 2.02. The van der Waals surface area contributed by atoms with Crippen LogP contribution in [0.5, 0.6) is 0 Å². The molecule has 4 rings (SSSR count). The molecule has 3 heterocycles. The Bertz CT molecular complexity index is 1000. The van der Waals surface area contributed by atoms with Gasteiger partial charge in [-0.25, -0.2) is 9.67 Å². The average molecular weight is 333 g/mol. The molecule has 0 radical (unpaired) electrons. The summed E-state index contributed by atoms with van der Waals surface area (Å²) in [7, 11) is 0. The zero-order valence-electron chi connectivity index (χ0n) is 13.1. The second kappa shape index (κ2) is 6.33. The molecule has 4 aromatic rings. The van der Waals surface area contributed by atoms with Gasteiger partial charge in [0.2, 0.25) is 0 Å². The van der Waals surface area contributed by atoms with E-state index < -0.39 is 0 Å². The van der Waals surface area contributed by atoms with Crippen LogP contribution >= 0.6 is 11.3 Å². The van der Waals surface area contributed by atoms with E-state index >= 15 is 0 Å². The first-order valence-electron chi connectivity index (χ1n) is 7.60. The van der Waals surface area contributed by atoms with Crippen LogP contribution < -0.4 is 0 Å². The normalized spacial score (nSPS) is 11.5. The lowest BCUT2D eigenvalue weighted by Gasteiger charge is -1.98. The predicted octanol–water partition coefficient (Wildman–Crippen LogP) is 3.81. The molecule has 118 valence electrons. The summed E-state index contributed by atoms with van der Waals surface area (Å²) in [6, 6.07) is 10.3. The summed E-state index contributed by atoms with van der Waals surface area (Å²) < 4.78 is 3.00. The molecular weight excluding hydrogens is 318 g/mol. The molecule has 0 spiro atoms. The fourth-order valence-electron chi connectivity index (χ4n) is 2.43. The Morgan fingerprint density at radius 1 is 1.21 bits per heavy atom. The number of aromatic nitrogens is 5. The van der Waals surface area contributed by atoms with Gasteiger partial charge in [0, 0.05) is 12.4 Å². The van der Waals surface area contributed by atoms with Crippen LogP contribution in [0.15, 0.2) is 48.9 Å². The van der Waals surface area contributed by atoms with E-state index in [-0.39, 0.29) is 0 Å². The molecule has 0 fully saturated rings. The number of hydrogen-bond donors (Lipinski definition) is 0. The number of benzene rings is 1. The van der Waals surface area contributed by atoms with Crippen molar-refractivity contribution in [2.75, 3.05) is 0 Å². The van der Waals surface area contributed by atoms with Crippen LogP contribution in [0.1, 0.15) is 21.8 Å². The van der Waals surface area contributed by atoms with Crippen molar-refractivity contribution < 1.29 is 0 Å². The Kier molecular flexibility index (Phi) is 3.88. The van der Waals surface area contributed by atoms with Crippen LogP contribution in [0.3, 0.4) is 0 Å². The maximum atomic E-state index is 4.63. The third-order valence-corrected chi connectivity index (χ3v) is 4.58. The lowest BCUT2D eigenvalue weighted by molar-refractivity contribution is 0.648. The largest absolute Gasteiger partial charge is 0.264 e. The first-order valence-corrected chi connectivity index (χ1v) is 8.42. The van der Waals surface area contributed by atoms with E-state index in [2.05, 4.69) is 45.4 Å². The zero-order chi connectivity index (χ0) is 16.4. The van der Waals surface area contributed by atoms with Gasteiger partial charge in [0.15, 0.2) is 0 Å². The SMILES string of the molecule is Cc1ccc2sc(/C=C/c3cn(Cc4cccnc4)nn3)nc2c1. The van der Waals surface area contributed by atoms with Crippen LogP contribution in [0.2, 0.25) is 0 Å². The van der Waals surface area contributed by atoms with Gasteiger partial charge in [-0.2, -0.15) is 0 Å². The Labute approximate surface area is 143 Å². The summed E-state index contributed by atoms with van der Waals surface area (Å²) in [4.78, 5) is 8.74. The van der Waals surface area contributed by atoms with Crippen molar-refractivity contribution in [3.8, 4) is 0 Å². The summed E-state index contributed by atoms with van der Waals surface area (Å²) in [6.45, 7) is 2.74. The quantitative estimate of drug-likeness (QED) is 0.570. The summed E-state index contributed by atoms with van der Waals surface area (Å²) in [5.74, 6) is 0. The molecule has 0 bridgehead atoms. The standard InChI is InChI=1S/C18H15N5S/c1-13-4-6-17-16(9-13)20-18(24-17)7-5-15-12-23(22-21-15)11-14-3-2-8-19-10-14/h2-10,12H,11H2,1H3/b7-5+. The topological polar surface area (TPSA) is 56.5 Å². The summed E-state index contributed by atoms with van der Waals surface area (Å²) in [6.07, 6.45) is 9.44. The van der Waals surface area contributed by atoms with Gasteiger partial charge in [0.25, 0.3) is 0 Å². The zero-order valence-corrected chi connectivity index (χ0v) is 13.9. The van der Waals surface area contributed by atoms with Gasteiger partial charge in [-0.15, -0.1) is 16.4 Å². The monoisotopic (exact) mass is 333 g/mol. The van der Waals surface area contributed by atoms with E-state index in [4.69, 9.17) is 0 Å². The smallest absolute Gasteiger partial charge is 0.117 e. The van der Waals surface area contributed by atoms with Crippen molar-refractivity contribution in [3.05, 3.63) is 70.8 Å². The van der Waals surface area contributed by atoms with Gasteiger partial charge in [0.1, 0.15) is 10.7 Å². The molecule has 24 heavy (non-hydrogen) atoms. The minimum absolute atomic E-state index is 0.662. The van der Waals surface area contributed by atoms with Gasteiger partial charge in [-0.05, 0) is 48.4 Å². The third kappa shape index (κ3) is 3.23. The van der Waals surface area contributed by atoms with Gasteiger partial charge >= 0.3 is 0 Å². The maximum Gasteiger partial charge on any atom is 0.117 e. The fraction of sp³-hybridized carbons (Fsp3) is 0.111. The van der Waals surface area contributed by atoms with Crippen LogP contribution in [0.25, 0.3) is 22.4 Å². The fourth-order valence-corrected chi connectivity index (χ4v) is 3.28. The molecule has 0 aliphatic carbocycles. The molecule has 0 aliphatic heterocycles. The van der Waals surface area contributed by atoms with Crippen LogP contribution in [0, 0.1) is 6.92 Å². The average Bonchev–Trinajstić information content (AvgIpc) is 3.20. The number of pyridine rings is 1. The number of hydrogen-bond acceptors (Lipinski definition) is 5. The number of rotatable bonds is 4. The Balaban J connectivity index is 1.51. The van der Waals surface area contributed by atoms with Crippen molar-refractivity contribution in [1.29, 1.82) is 0 Å². The minimum Gasteiger partial charge on any atom is -0.264 e. The molecule has 0 unspecified atom stereocenters. The molecule has 3 aromatic heterocycles. The molecule has 0 saturated carbocycles. The van der Waals surface area contributed by atoms with Crippen LogP contribution in [0.4, 0.5) is 0 Å². The van der Waals surface area contributed by atoms with E-state index in [0.717, 1.165) is 21.8 Å². The van der Waals surface area contributed by atoms with Crippen molar-refractivity contribution in [2.24, 2.45) is 0 Å². The van der Waals surface area contributed by atoms with Crippen molar-refractivity contribution >= 4 is 33.7 Å². The van der Waals surface area contributed by atoms with Crippen molar-refractivity contribution in [3.63, 3.8) is 0 Å². The summed E-state index contributed by atoms with van der Waals surface area (Å²) >= 11 is 1.67.